The van der Waals surface area contributed by atoms with Crippen molar-refractivity contribution in [3.05, 3.63) is 28.7 Å². The molecular formula is C12H16BrNO2. The molecule has 0 heterocycles. The van der Waals surface area contributed by atoms with Crippen molar-refractivity contribution in [1.29, 1.82) is 0 Å². The summed E-state index contributed by atoms with van der Waals surface area (Å²) in [6, 6.07) is 7.55. The Morgan fingerprint density at radius 1 is 1.44 bits per heavy atom. The van der Waals surface area contributed by atoms with Crippen LogP contribution in [0.25, 0.3) is 0 Å². The van der Waals surface area contributed by atoms with Gasteiger partial charge in [0.05, 0.1) is 12.3 Å². The first-order valence-electron chi connectivity index (χ1n) is 5.31. The summed E-state index contributed by atoms with van der Waals surface area (Å²) in [4.78, 5) is 13.2. The highest BCUT2D eigenvalue weighted by Gasteiger charge is 2.13. The van der Waals surface area contributed by atoms with Gasteiger partial charge in [-0.3, -0.25) is 4.90 Å². The average molecular weight is 286 g/mol. The standard InChI is InChI=1S/C12H16BrNO2/c1-3-4-9-16-12(15)14(2)11-8-6-5-7-10(11)13/h5-8H,3-4,9H2,1-2H3. The quantitative estimate of drug-likeness (QED) is 0.787. The molecule has 0 saturated carbocycles. The summed E-state index contributed by atoms with van der Waals surface area (Å²) in [5, 5.41) is 0. The Morgan fingerprint density at radius 2 is 2.12 bits per heavy atom. The number of anilines is 1. The number of hydrogen-bond donors (Lipinski definition) is 0. The number of hydrogen-bond acceptors (Lipinski definition) is 2. The van der Waals surface area contributed by atoms with Crippen molar-refractivity contribution in [2.75, 3.05) is 18.6 Å². The molecule has 1 aromatic rings. The molecule has 1 aromatic carbocycles. The molecule has 88 valence electrons. The van der Waals surface area contributed by atoms with Crippen LogP contribution in [0.15, 0.2) is 28.7 Å². The Kier molecular flexibility index (Phi) is 5.32. The maximum atomic E-state index is 11.7. The maximum Gasteiger partial charge on any atom is 0.414 e. The molecule has 0 aromatic heterocycles. The van der Waals surface area contributed by atoms with Crippen LogP contribution in [0.3, 0.4) is 0 Å². The monoisotopic (exact) mass is 285 g/mol. The third-order valence-corrected chi connectivity index (χ3v) is 2.88. The molecule has 0 fully saturated rings. The molecule has 1 amide bonds. The number of ether oxygens (including phenoxy) is 1. The minimum atomic E-state index is -0.319. The SMILES string of the molecule is CCCCOC(=O)N(C)c1ccccc1Br. The molecular weight excluding hydrogens is 270 g/mol. The summed E-state index contributed by atoms with van der Waals surface area (Å²) in [6.45, 7) is 2.54. The van der Waals surface area contributed by atoms with Crippen molar-refractivity contribution in [1.82, 2.24) is 0 Å². The third-order valence-electron chi connectivity index (χ3n) is 2.21. The fraction of sp³-hybridized carbons (Fsp3) is 0.417. The van der Waals surface area contributed by atoms with E-state index in [1.165, 1.54) is 4.90 Å². The number of nitrogens with zero attached hydrogens (tertiary/aromatic N) is 1. The van der Waals surface area contributed by atoms with E-state index in [1.807, 2.05) is 24.3 Å². The Balaban J connectivity index is 2.60. The van der Waals surface area contributed by atoms with Crippen LogP contribution in [0.1, 0.15) is 19.8 Å². The summed E-state index contributed by atoms with van der Waals surface area (Å²) in [5.74, 6) is 0. The van der Waals surface area contributed by atoms with E-state index >= 15 is 0 Å². The molecule has 0 N–H and O–H groups in total. The van der Waals surface area contributed by atoms with Crippen molar-refractivity contribution in [3.8, 4) is 0 Å². The minimum absolute atomic E-state index is 0.319. The average Bonchev–Trinajstić information content (AvgIpc) is 2.29. The van der Waals surface area contributed by atoms with E-state index in [0.29, 0.717) is 6.61 Å². The Bertz CT molecular complexity index is 355. The molecule has 0 aliphatic heterocycles. The normalized spacial score (nSPS) is 9.94. The van der Waals surface area contributed by atoms with E-state index < -0.39 is 0 Å². The zero-order chi connectivity index (χ0) is 12.0. The lowest BCUT2D eigenvalue weighted by atomic mass is 10.3. The molecule has 3 nitrogen and oxygen atoms in total. The van der Waals surface area contributed by atoms with Crippen molar-refractivity contribution >= 4 is 27.7 Å². The highest BCUT2D eigenvalue weighted by molar-refractivity contribution is 9.10. The fourth-order valence-corrected chi connectivity index (χ4v) is 1.77. The van der Waals surface area contributed by atoms with Gasteiger partial charge in [-0.25, -0.2) is 4.79 Å². The molecule has 16 heavy (non-hydrogen) atoms. The number of carbonyl (C=O) groups is 1. The number of unbranched alkanes of at least 4 members (excludes halogenated alkanes) is 1. The van der Waals surface area contributed by atoms with Gasteiger partial charge in [-0.15, -0.1) is 0 Å². The van der Waals surface area contributed by atoms with E-state index in [0.717, 1.165) is 23.0 Å². The number of amides is 1. The topological polar surface area (TPSA) is 29.5 Å². The lowest BCUT2D eigenvalue weighted by Gasteiger charge is -2.18. The van der Waals surface area contributed by atoms with E-state index in [4.69, 9.17) is 4.74 Å². The zero-order valence-corrected chi connectivity index (χ0v) is 11.2. The second kappa shape index (κ2) is 6.53. The summed E-state index contributed by atoms with van der Waals surface area (Å²) in [6.07, 6.45) is 1.60. The number of carbonyl (C=O) groups excluding carboxylic acids is 1. The summed E-state index contributed by atoms with van der Waals surface area (Å²) in [7, 11) is 1.70. The largest absolute Gasteiger partial charge is 0.449 e. The van der Waals surface area contributed by atoms with Gasteiger partial charge in [-0.1, -0.05) is 25.5 Å². The van der Waals surface area contributed by atoms with Crippen LogP contribution in [-0.2, 0) is 4.74 Å². The van der Waals surface area contributed by atoms with Gasteiger partial charge in [0.15, 0.2) is 0 Å². The van der Waals surface area contributed by atoms with Gasteiger partial charge in [0.1, 0.15) is 0 Å². The summed E-state index contributed by atoms with van der Waals surface area (Å²) in [5.41, 5.74) is 0.809. The van der Waals surface area contributed by atoms with Crippen LogP contribution >= 0.6 is 15.9 Å². The van der Waals surface area contributed by atoms with Crippen LogP contribution in [0.5, 0.6) is 0 Å². The number of rotatable bonds is 4. The van der Waals surface area contributed by atoms with Crippen molar-refractivity contribution in [2.24, 2.45) is 0 Å². The molecule has 1 rings (SSSR count). The number of para-hydroxylation sites is 1. The van der Waals surface area contributed by atoms with Crippen LogP contribution < -0.4 is 4.90 Å². The van der Waals surface area contributed by atoms with Gasteiger partial charge in [0.2, 0.25) is 0 Å². The molecule has 0 atom stereocenters. The van der Waals surface area contributed by atoms with Gasteiger partial charge in [0, 0.05) is 11.5 Å². The van der Waals surface area contributed by atoms with Gasteiger partial charge < -0.3 is 4.74 Å². The zero-order valence-electron chi connectivity index (χ0n) is 9.57. The molecule has 0 saturated heterocycles. The van der Waals surface area contributed by atoms with Crippen LogP contribution in [0, 0.1) is 0 Å². The predicted octanol–water partition coefficient (Wildman–Crippen LogP) is 3.82. The van der Waals surface area contributed by atoms with E-state index in [9.17, 15) is 4.79 Å². The fourth-order valence-electron chi connectivity index (χ4n) is 1.22. The van der Waals surface area contributed by atoms with Crippen molar-refractivity contribution in [2.45, 2.75) is 19.8 Å². The minimum Gasteiger partial charge on any atom is -0.449 e. The van der Waals surface area contributed by atoms with Gasteiger partial charge in [-0.05, 0) is 34.5 Å². The highest BCUT2D eigenvalue weighted by Crippen LogP contribution is 2.24. The Labute approximate surface area is 105 Å². The lowest BCUT2D eigenvalue weighted by Crippen LogP contribution is -2.27. The lowest BCUT2D eigenvalue weighted by molar-refractivity contribution is 0.153. The second-order valence-corrected chi connectivity index (χ2v) is 4.33. The van der Waals surface area contributed by atoms with Gasteiger partial charge >= 0.3 is 6.09 Å². The highest BCUT2D eigenvalue weighted by atomic mass is 79.9. The van der Waals surface area contributed by atoms with Crippen LogP contribution in [0.2, 0.25) is 0 Å². The first-order chi connectivity index (χ1) is 7.66. The van der Waals surface area contributed by atoms with Crippen molar-refractivity contribution < 1.29 is 9.53 Å². The first kappa shape index (κ1) is 13.0. The first-order valence-corrected chi connectivity index (χ1v) is 6.11. The summed E-state index contributed by atoms with van der Waals surface area (Å²) >= 11 is 3.40. The van der Waals surface area contributed by atoms with Crippen LogP contribution in [0.4, 0.5) is 10.5 Å². The Hall–Kier alpha value is -1.03. The number of benzene rings is 1. The molecule has 4 heteroatoms. The van der Waals surface area contributed by atoms with Gasteiger partial charge in [0.25, 0.3) is 0 Å². The predicted molar refractivity (Wildman–Crippen MR) is 68.8 cm³/mol. The van der Waals surface area contributed by atoms with E-state index in [-0.39, 0.29) is 6.09 Å². The molecule has 0 aliphatic rings. The smallest absolute Gasteiger partial charge is 0.414 e. The second-order valence-electron chi connectivity index (χ2n) is 3.48. The molecule has 0 radical (unpaired) electrons. The van der Waals surface area contributed by atoms with E-state index in [2.05, 4.69) is 22.9 Å². The Morgan fingerprint density at radius 3 is 2.75 bits per heavy atom. The third kappa shape index (κ3) is 3.52. The number of halogens is 1. The molecule has 0 bridgehead atoms. The summed E-state index contributed by atoms with van der Waals surface area (Å²) < 4.78 is 6.00. The van der Waals surface area contributed by atoms with E-state index in [1.54, 1.807) is 7.05 Å². The van der Waals surface area contributed by atoms with Crippen LogP contribution in [-0.4, -0.2) is 19.7 Å². The van der Waals surface area contributed by atoms with Crippen molar-refractivity contribution in [3.63, 3.8) is 0 Å². The maximum absolute atomic E-state index is 11.7. The van der Waals surface area contributed by atoms with Gasteiger partial charge in [-0.2, -0.15) is 0 Å². The molecule has 0 unspecified atom stereocenters. The molecule has 0 aliphatic carbocycles. The molecule has 0 spiro atoms.